The van der Waals surface area contributed by atoms with Gasteiger partial charge in [0.05, 0.1) is 11.7 Å². The number of hydrogen-bond donors (Lipinski definition) is 1. The fourth-order valence-corrected chi connectivity index (χ4v) is 2.23. The summed E-state index contributed by atoms with van der Waals surface area (Å²) >= 11 is 0. The van der Waals surface area contributed by atoms with E-state index in [1.54, 1.807) is 6.07 Å². The van der Waals surface area contributed by atoms with Crippen LogP contribution in [0.15, 0.2) is 42.6 Å². The molecule has 1 heterocycles. The number of rotatable bonds is 6. The maximum Gasteiger partial charge on any atom is 0.126 e. The molecule has 0 radical (unpaired) electrons. The van der Waals surface area contributed by atoms with Gasteiger partial charge in [0.1, 0.15) is 5.82 Å². The smallest absolute Gasteiger partial charge is 0.126 e. The molecule has 1 unspecified atom stereocenters. The summed E-state index contributed by atoms with van der Waals surface area (Å²) in [6.07, 6.45) is 3.47. The van der Waals surface area contributed by atoms with E-state index in [1.165, 1.54) is 11.6 Å². The van der Waals surface area contributed by atoms with Gasteiger partial charge >= 0.3 is 0 Å². The van der Waals surface area contributed by atoms with Gasteiger partial charge in [-0.2, -0.15) is 0 Å². The summed E-state index contributed by atoms with van der Waals surface area (Å²) in [4.78, 5) is 4.43. The lowest BCUT2D eigenvalue weighted by atomic mass is 10.0. The number of aromatic nitrogens is 1. The van der Waals surface area contributed by atoms with Gasteiger partial charge in [0, 0.05) is 6.20 Å². The van der Waals surface area contributed by atoms with Crippen molar-refractivity contribution in [1.29, 1.82) is 0 Å². The van der Waals surface area contributed by atoms with Crippen LogP contribution in [0.2, 0.25) is 0 Å². The topological polar surface area (TPSA) is 24.9 Å². The van der Waals surface area contributed by atoms with Crippen LogP contribution in [0, 0.1) is 12.7 Å². The zero-order valence-electron chi connectivity index (χ0n) is 12.1. The molecule has 0 amide bonds. The third-order valence-corrected chi connectivity index (χ3v) is 3.32. The number of aryl methyl sites for hydroxylation is 1. The predicted molar refractivity (Wildman–Crippen MR) is 80.1 cm³/mol. The van der Waals surface area contributed by atoms with Crippen molar-refractivity contribution in [2.24, 2.45) is 0 Å². The monoisotopic (exact) mass is 272 g/mol. The molecule has 1 aromatic heterocycles. The zero-order valence-corrected chi connectivity index (χ0v) is 12.1. The number of halogens is 1. The second kappa shape index (κ2) is 7.15. The lowest BCUT2D eigenvalue weighted by molar-refractivity contribution is 0.503. The zero-order chi connectivity index (χ0) is 14.4. The third kappa shape index (κ3) is 3.87. The van der Waals surface area contributed by atoms with Crippen LogP contribution in [-0.4, -0.2) is 11.5 Å². The van der Waals surface area contributed by atoms with Crippen molar-refractivity contribution in [3.8, 4) is 0 Å². The maximum atomic E-state index is 13.8. The van der Waals surface area contributed by atoms with Gasteiger partial charge < -0.3 is 5.32 Å². The first-order valence-corrected chi connectivity index (χ1v) is 7.10. The summed E-state index contributed by atoms with van der Waals surface area (Å²) in [5.41, 5.74) is 2.87. The summed E-state index contributed by atoms with van der Waals surface area (Å²) in [6.45, 7) is 5.07. The summed E-state index contributed by atoms with van der Waals surface area (Å²) in [5, 5.41) is 3.46. The molecule has 0 bridgehead atoms. The molecule has 0 spiro atoms. The summed E-state index contributed by atoms with van der Waals surface area (Å²) in [6, 6.07) is 11.0. The minimum Gasteiger partial charge on any atom is -0.308 e. The van der Waals surface area contributed by atoms with Crippen LogP contribution in [0.1, 0.15) is 36.2 Å². The Hall–Kier alpha value is -1.74. The average molecular weight is 272 g/mol. The van der Waals surface area contributed by atoms with Crippen molar-refractivity contribution in [2.45, 2.75) is 32.7 Å². The van der Waals surface area contributed by atoms with Gasteiger partial charge in [-0.1, -0.05) is 25.1 Å². The molecule has 0 aliphatic carbocycles. The van der Waals surface area contributed by atoms with Gasteiger partial charge in [-0.3, -0.25) is 4.98 Å². The van der Waals surface area contributed by atoms with E-state index in [2.05, 4.69) is 23.3 Å². The molecule has 1 N–H and O–H groups in total. The van der Waals surface area contributed by atoms with Gasteiger partial charge in [-0.05, 0) is 55.6 Å². The highest BCUT2D eigenvalue weighted by molar-refractivity contribution is 5.23. The number of benzene rings is 1. The average Bonchev–Trinajstić information content (AvgIpc) is 2.45. The van der Waals surface area contributed by atoms with Crippen LogP contribution in [0.25, 0.3) is 0 Å². The molecule has 20 heavy (non-hydrogen) atoms. The van der Waals surface area contributed by atoms with E-state index < -0.39 is 0 Å². The van der Waals surface area contributed by atoms with Gasteiger partial charge in [0.15, 0.2) is 0 Å². The van der Waals surface area contributed by atoms with Crippen LogP contribution in [-0.2, 0) is 6.42 Å². The lowest BCUT2D eigenvalue weighted by Gasteiger charge is -2.19. The lowest BCUT2D eigenvalue weighted by Crippen LogP contribution is -2.25. The molecule has 0 saturated carbocycles. The van der Waals surface area contributed by atoms with Crippen LogP contribution >= 0.6 is 0 Å². The quantitative estimate of drug-likeness (QED) is 0.865. The highest BCUT2D eigenvalue weighted by atomic mass is 19.1. The minimum atomic E-state index is -0.150. The van der Waals surface area contributed by atoms with E-state index in [-0.39, 0.29) is 11.9 Å². The molecule has 1 atom stereocenters. The Morgan fingerprint density at radius 2 is 2.05 bits per heavy atom. The molecular formula is C17H21FN2. The SMILES string of the molecule is CCCNC(Cc1ccccc1F)c1cc(C)ccn1. The Morgan fingerprint density at radius 1 is 1.25 bits per heavy atom. The fourth-order valence-electron chi connectivity index (χ4n) is 2.23. The van der Waals surface area contributed by atoms with Gasteiger partial charge in [-0.15, -0.1) is 0 Å². The molecule has 1 aromatic carbocycles. The van der Waals surface area contributed by atoms with Crippen LogP contribution in [0.4, 0.5) is 4.39 Å². The normalized spacial score (nSPS) is 12.3. The van der Waals surface area contributed by atoms with Crippen LogP contribution in [0.3, 0.4) is 0 Å². The molecular weight excluding hydrogens is 251 g/mol. The molecule has 2 rings (SSSR count). The Kier molecular flexibility index (Phi) is 5.24. The fraction of sp³-hybridized carbons (Fsp3) is 0.353. The van der Waals surface area contributed by atoms with Crippen molar-refractivity contribution in [3.63, 3.8) is 0 Å². The predicted octanol–water partition coefficient (Wildman–Crippen LogP) is 3.81. The number of nitrogens with one attached hydrogen (secondary N) is 1. The standard InChI is InChI=1S/C17H21FN2/c1-3-9-19-17(16-11-13(2)8-10-20-16)12-14-6-4-5-7-15(14)18/h4-8,10-11,17,19H,3,9,12H2,1-2H3. The molecule has 0 aliphatic heterocycles. The van der Waals surface area contributed by atoms with Gasteiger partial charge in [0.25, 0.3) is 0 Å². The highest BCUT2D eigenvalue weighted by Crippen LogP contribution is 2.19. The Morgan fingerprint density at radius 3 is 2.75 bits per heavy atom. The van der Waals surface area contributed by atoms with Gasteiger partial charge in [-0.25, -0.2) is 4.39 Å². The van der Waals surface area contributed by atoms with E-state index in [1.807, 2.05) is 31.3 Å². The summed E-state index contributed by atoms with van der Waals surface area (Å²) in [5.74, 6) is -0.150. The minimum absolute atomic E-state index is 0.0479. The molecule has 106 valence electrons. The highest BCUT2D eigenvalue weighted by Gasteiger charge is 2.15. The first-order valence-electron chi connectivity index (χ1n) is 7.10. The largest absolute Gasteiger partial charge is 0.308 e. The number of pyridine rings is 1. The van der Waals surface area contributed by atoms with Crippen molar-refractivity contribution in [1.82, 2.24) is 10.3 Å². The Bertz CT molecular complexity index is 554. The van der Waals surface area contributed by atoms with Crippen LogP contribution in [0.5, 0.6) is 0 Å². The summed E-state index contributed by atoms with van der Waals surface area (Å²) in [7, 11) is 0. The van der Waals surface area contributed by atoms with E-state index in [0.717, 1.165) is 24.2 Å². The number of nitrogens with zero attached hydrogens (tertiary/aromatic N) is 1. The van der Waals surface area contributed by atoms with E-state index in [0.29, 0.717) is 6.42 Å². The Labute approximate surface area is 120 Å². The van der Waals surface area contributed by atoms with E-state index in [4.69, 9.17) is 0 Å². The van der Waals surface area contributed by atoms with Crippen molar-refractivity contribution in [2.75, 3.05) is 6.54 Å². The third-order valence-electron chi connectivity index (χ3n) is 3.32. The number of hydrogen-bond acceptors (Lipinski definition) is 2. The first-order chi connectivity index (χ1) is 9.70. The first kappa shape index (κ1) is 14.7. The van der Waals surface area contributed by atoms with Crippen LogP contribution < -0.4 is 5.32 Å². The Balaban J connectivity index is 2.21. The maximum absolute atomic E-state index is 13.8. The van der Waals surface area contributed by atoms with Crippen molar-refractivity contribution in [3.05, 3.63) is 65.2 Å². The second-order valence-corrected chi connectivity index (χ2v) is 5.06. The van der Waals surface area contributed by atoms with E-state index in [9.17, 15) is 4.39 Å². The molecule has 3 heteroatoms. The van der Waals surface area contributed by atoms with Crippen molar-refractivity contribution < 1.29 is 4.39 Å². The molecule has 0 saturated heterocycles. The second-order valence-electron chi connectivity index (χ2n) is 5.06. The molecule has 0 aliphatic rings. The van der Waals surface area contributed by atoms with E-state index >= 15 is 0 Å². The van der Waals surface area contributed by atoms with Gasteiger partial charge in [0.2, 0.25) is 0 Å². The molecule has 0 fully saturated rings. The van der Waals surface area contributed by atoms with Crippen molar-refractivity contribution >= 4 is 0 Å². The molecule has 2 nitrogen and oxygen atoms in total. The molecule has 2 aromatic rings. The summed E-state index contributed by atoms with van der Waals surface area (Å²) < 4.78 is 13.8.